The number of carbonyl (C=O) groups is 1. The fourth-order valence-corrected chi connectivity index (χ4v) is 2.05. The number of aryl methyl sites for hydroxylation is 1. The van der Waals surface area contributed by atoms with E-state index < -0.39 is 5.91 Å². The molecule has 6 heteroatoms. The van der Waals surface area contributed by atoms with E-state index >= 15 is 0 Å². The number of nitrogens with zero attached hydrogens (tertiary/aromatic N) is 2. The van der Waals surface area contributed by atoms with E-state index in [1.807, 2.05) is 6.92 Å². The number of nitrogen functional groups attached to an aromatic ring is 1. The van der Waals surface area contributed by atoms with E-state index in [9.17, 15) is 9.90 Å². The minimum Gasteiger partial charge on any atom is -0.508 e. The molecule has 1 aromatic heterocycles. The van der Waals surface area contributed by atoms with Gasteiger partial charge in [-0.25, -0.2) is 4.98 Å². The molecular formula is C17H18N4O2. The summed E-state index contributed by atoms with van der Waals surface area (Å²) in [6.07, 6.45) is 9.76. The van der Waals surface area contributed by atoms with Crippen LogP contribution in [0.2, 0.25) is 0 Å². The van der Waals surface area contributed by atoms with E-state index in [4.69, 9.17) is 11.5 Å². The molecule has 0 fully saturated rings. The lowest BCUT2D eigenvalue weighted by Crippen LogP contribution is -2.14. The normalized spacial score (nSPS) is 12.5. The van der Waals surface area contributed by atoms with Crippen molar-refractivity contribution in [2.75, 3.05) is 5.73 Å². The summed E-state index contributed by atoms with van der Waals surface area (Å²) in [5, 5.41) is 9.37. The predicted molar refractivity (Wildman–Crippen MR) is 91.8 cm³/mol. The number of fused-ring (bicyclic) bond motifs is 1. The summed E-state index contributed by atoms with van der Waals surface area (Å²) in [6, 6.07) is 1.54. The van der Waals surface area contributed by atoms with Crippen LogP contribution in [0.25, 0.3) is 17.1 Å². The highest BCUT2D eigenvalue weighted by Gasteiger charge is 2.14. The van der Waals surface area contributed by atoms with Crippen molar-refractivity contribution in [3.63, 3.8) is 0 Å². The molecule has 2 aromatic rings. The Morgan fingerprint density at radius 1 is 1.35 bits per heavy atom. The molecule has 1 heterocycles. The zero-order valence-corrected chi connectivity index (χ0v) is 12.9. The number of benzene rings is 1. The first-order chi connectivity index (χ1) is 10.9. The Labute approximate surface area is 133 Å². The van der Waals surface area contributed by atoms with Crippen LogP contribution >= 0.6 is 0 Å². The van der Waals surface area contributed by atoms with Gasteiger partial charge in [0.15, 0.2) is 0 Å². The molecule has 0 atom stereocenters. The fraction of sp³-hybridized carbons (Fsp3) is 0.118. The predicted octanol–water partition coefficient (Wildman–Crippen LogP) is 2.65. The first-order valence-corrected chi connectivity index (χ1v) is 6.99. The number of aliphatic hydroxyl groups is 1. The first kappa shape index (κ1) is 16.2. The topological polar surface area (TPSA) is 115 Å². The molecule has 1 aromatic carbocycles. The standard InChI is InChI=1S/C17H18N4O2/c1-3-11(22)6-4-5-7-12-15(18)13(17(19)23)8-14-16(12)21-10(2)9-20-14/h3-9,22H,18H2,1-2H3,(H2,19,23)/b6-4-,7-5+,11-3-. The molecule has 0 aliphatic heterocycles. The van der Waals surface area contributed by atoms with Crippen LogP contribution in [-0.2, 0) is 0 Å². The molecule has 0 aliphatic carbocycles. The maximum atomic E-state index is 11.6. The van der Waals surface area contributed by atoms with Crippen LogP contribution in [0.15, 0.2) is 42.3 Å². The largest absolute Gasteiger partial charge is 0.508 e. The fourth-order valence-electron chi connectivity index (χ4n) is 2.05. The van der Waals surface area contributed by atoms with Gasteiger partial charge in [0.25, 0.3) is 5.91 Å². The second-order valence-electron chi connectivity index (χ2n) is 4.93. The third-order valence-corrected chi connectivity index (χ3v) is 3.24. The minimum atomic E-state index is -0.622. The molecule has 2 rings (SSSR count). The number of primary amides is 1. The van der Waals surface area contributed by atoms with Crippen molar-refractivity contribution in [1.29, 1.82) is 0 Å². The summed E-state index contributed by atoms with van der Waals surface area (Å²) in [5.41, 5.74) is 14.3. The van der Waals surface area contributed by atoms with E-state index in [0.717, 1.165) is 5.69 Å². The third kappa shape index (κ3) is 3.55. The van der Waals surface area contributed by atoms with Gasteiger partial charge < -0.3 is 16.6 Å². The van der Waals surface area contributed by atoms with Gasteiger partial charge in [0.05, 0.1) is 28.0 Å². The maximum Gasteiger partial charge on any atom is 0.250 e. The number of anilines is 1. The van der Waals surface area contributed by atoms with Crippen molar-refractivity contribution in [2.45, 2.75) is 13.8 Å². The van der Waals surface area contributed by atoms with Gasteiger partial charge in [-0.3, -0.25) is 9.78 Å². The van der Waals surface area contributed by atoms with Crippen molar-refractivity contribution in [2.24, 2.45) is 5.73 Å². The highest BCUT2D eigenvalue weighted by Crippen LogP contribution is 2.27. The van der Waals surface area contributed by atoms with Crippen molar-refractivity contribution < 1.29 is 9.90 Å². The highest BCUT2D eigenvalue weighted by atomic mass is 16.3. The van der Waals surface area contributed by atoms with E-state index in [1.165, 1.54) is 12.1 Å². The molecule has 0 saturated heterocycles. The van der Waals surface area contributed by atoms with Gasteiger partial charge in [-0.15, -0.1) is 0 Å². The zero-order valence-electron chi connectivity index (χ0n) is 12.9. The molecule has 1 amide bonds. The van der Waals surface area contributed by atoms with Crippen LogP contribution in [0.1, 0.15) is 28.5 Å². The molecule has 23 heavy (non-hydrogen) atoms. The number of carbonyl (C=O) groups excluding carboxylic acids is 1. The van der Waals surface area contributed by atoms with Gasteiger partial charge in [0, 0.05) is 11.8 Å². The van der Waals surface area contributed by atoms with Crippen molar-refractivity contribution in [3.05, 3.63) is 59.1 Å². The second kappa shape index (κ2) is 6.74. The Morgan fingerprint density at radius 2 is 2.09 bits per heavy atom. The summed E-state index contributed by atoms with van der Waals surface area (Å²) < 4.78 is 0. The van der Waals surface area contributed by atoms with E-state index in [2.05, 4.69) is 9.97 Å². The van der Waals surface area contributed by atoms with Gasteiger partial charge in [-0.05, 0) is 32.1 Å². The Bertz CT molecular complexity index is 851. The van der Waals surface area contributed by atoms with Crippen LogP contribution in [0.5, 0.6) is 0 Å². The smallest absolute Gasteiger partial charge is 0.250 e. The number of allylic oxidation sites excluding steroid dienone is 4. The van der Waals surface area contributed by atoms with Gasteiger partial charge in [0.1, 0.15) is 5.76 Å². The lowest BCUT2D eigenvalue weighted by Gasteiger charge is -2.09. The van der Waals surface area contributed by atoms with Gasteiger partial charge in [-0.1, -0.05) is 18.2 Å². The summed E-state index contributed by atoms with van der Waals surface area (Å²) in [6.45, 7) is 3.55. The Kier molecular flexibility index (Phi) is 4.75. The lowest BCUT2D eigenvalue weighted by atomic mass is 10.0. The Morgan fingerprint density at radius 3 is 2.74 bits per heavy atom. The van der Waals surface area contributed by atoms with Crippen molar-refractivity contribution in [1.82, 2.24) is 9.97 Å². The molecular weight excluding hydrogens is 292 g/mol. The first-order valence-electron chi connectivity index (χ1n) is 6.99. The minimum absolute atomic E-state index is 0.147. The van der Waals surface area contributed by atoms with Gasteiger partial charge in [0.2, 0.25) is 0 Å². The van der Waals surface area contributed by atoms with Gasteiger partial charge >= 0.3 is 0 Å². The molecule has 0 aliphatic rings. The van der Waals surface area contributed by atoms with Crippen LogP contribution < -0.4 is 11.5 Å². The van der Waals surface area contributed by atoms with Crippen LogP contribution in [0, 0.1) is 6.92 Å². The summed E-state index contributed by atoms with van der Waals surface area (Å²) in [5.74, 6) is -0.475. The lowest BCUT2D eigenvalue weighted by molar-refractivity contribution is 0.100. The molecule has 5 N–H and O–H groups in total. The summed E-state index contributed by atoms with van der Waals surface area (Å²) in [4.78, 5) is 20.3. The second-order valence-corrected chi connectivity index (χ2v) is 4.93. The van der Waals surface area contributed by atoms with Crippen molar-refractivity contribution >= 4 is 28.7 Å². The average Bonchev–Trinajstić information content (AvgIpc) is 2.52. The molecule has 0 unspecified atom stereocenters. The van der Waals surface area contributed by atoms with Crippen molar-refractivity contribution in [3.8, 4) is 0 Å². The molecule has 0 saturated carbocycles. The molecule has 0 radical (unpaired) electrons. The van der Waals surface area contributed by atoms with E-state index in [-0.39, 0.29) is 17.0 Å². The highest BCUT2D eigenvalue weighted by molar-refractivity contribution is 6.05. The van der Waals surface area contributed by atoms with E-state index in [0.29, 0.717) is 16.6 Å². The number of aromatic nitrogens is 2. The van der Waals surface area contributed by atoms with Crippen LogP contribution in [0.4, 0.5) is 5.69 Å². The summed E-state index contributed by atoms with van der Waals surface area (Å²) >= 11 is 0. The zero-order chi connectivity index (χ0) is 17.0. The number of aliphatic hydroxyl groups excluding tert-OH is 1. The molecule has 6 nitrogen and oxygen atoms in total. The van der Waals surface area contributed by atoms with Gasteiger partial charge in [-0.2, -0.15) is 0 Å². The molecule has 0 bridgehead atoms. The quantitative estimate of drug-likeness (QED) is 0.456. The molecule has 0 spiro atoms. The Balaban J connectivity index is 2.61. The third-order valence-electron chi connectivity index (χ3n) is 3.24. The average molecular weight is 310 g/mol. The monoisotopic (exact) mass is 310 g/mol. The molecule has 118 valence electrons. The van der Waals surface area contributed by atoms with Crippen LogP contribution in [-0.4, -0.2) is 21.0 Å². The van der Waals surface area contributed by atoms with E-state index in [1.54, 1.807) is 37.4 Å². The Hall–Kier alpha value is -3.15. The number of nitrogens with two attached hydrogens (primary N) is 2. The number of rotatable bonds is 4. The van der Waals surface area contributed by atoms with Crippen LogP contribution in [0.3, 0.4) is 0 Å². The maximum absolute atomic E-state index is 11.6. The SMILES string of the molecule is C/C=C(O)/C=C\C=C\c1c(N)c(C(N)=O)cc2ncc(C)nc12. The number of hydrogen-bond donors (Lipinski definition) is 3. The summed E-state index contributed by atoms with van der Waals surface area (Å²) in [7, 11) is 0. The number of amides is 1. The number of hydrogen-bond acceptors (Lipinski definition) is 5.